The Morgan fingerprint density at radius 2 is 1.09 bits per heavy atom. The molecule has 3 amide bonds. The van der Waals surface area contributed by atoms with Gasteiger partial charge in [-0.25, -0.2) is 9.78 Å². The highest BCUT2D eigenvalue weighted by atomic mass is 32.1. The zero-order valence-corrected chi connectivity index (χ0v) is 45.3. The number of nitrogens with zero attached hydrogens (tertiary/aromatic N) is 5. The quantitative estimate of drug-likeness (QED) is 0.0268. The minimum Gasteiger partial charge on any atom is -0.549 e. The summed E-state index contributed by atoms with van der Waals surface area (Å²) in [6.07, 6.45) is 0.601. The van der Waals surface area contributed by atoms with Crippen molar-refractivity contribution >= 4 is 82.2 Å². The Morgan fingerprint density at radius 3 is 1.56 bits per heavy atom. The molecule has 0 saturated carbocycles. The molecule has 0 bridgehead atoms. The number of nitrogens with one attached hydrogen (secondary N) is 6. The smallest absolute Gasteiger partial charge is 0.328 e. The lowest BCUT2D eigenvalue weighted by atomic mass is 9.90. The van der Waals surface area contributed by atoms with Crippen molar-refractivity contribution in [1.82, 2.24) is 50.8 Å². The van der Waals surface area contributed by atoms with E-state index in [1.807, 2.05) is 4.90 Å². The van der Waals surface area contributed by atoms with Gasteiger partial charge in [0.15, 0.2) is 16.7 Å². The molecule has 1 fully saturated rings. The van der Waals surface area contributed by atoms with Crippen LogP contribution in [0.25, 0.3) is 0 Å². The number of carbonyl (C=O) groups is 10. The molecule has 1 saturated heterocycles. The van der Waals surface area contributed by atoms with Gasteiger partial charge in [-0.1, -0.05) is 42.5 Å². The van der Waals surface area contributed by atoms with E-state index in [2.05, 4.69) is 36.6 Å². The molecule has 10 N–H and O–H groups in total. The molecule has 29 heteroatoms. The number of hydrogen-bond donors (Lipinski definition) is 10. The minimum atomic E-state index is -1.67. The lowest BCUT2D eigenvalue weighted by Gasteiger charge is -2.34. The van der Waals surface area contributed by atoms with Crippen molar-refractivity contribution in [2.75, 3.05) is 90.5 Å². The van der Waals surface area contributed by atoms with Crippen LogP contribution >= 0.6 is 12.2 Å². The maximum absolute atomic E-state index is 13.9. The number of thiocarbonyl (C=S) groups is 1. The van der Waals surface area contributed by atoms with Gasteiger partial charge in [-0.3, -0.25) is 48.4 Å². The molecule has 1 aliphatic rings. The number of Topliss-reactive ketones (excluding diaryl/α,β-unsaturated/α-hetero) is 2. The van der Waals surface area contributed by atoms with Gasteiger partial charge in [-0.05, 0) is 48.8 Å². The summed E-state index contributed by atoms with van der Waals surface area (Å²) in [5.74, 6) is -13.5. The molecule has 2 aromatic carbocycles. The summed E-state index contributed by atoms with van der Waals surface area (Å²) >= 11 is 5.44. The Morgan fingerprint density at radius 1 is 0.593 bits per heavy atom. The van der Waals surface area contributed by atoms with Gasteiger partial charge in [-0.2, -0.15) is 0 Å². The van der Waals surface area contributed by atoms with E-state index in [0.717, 1.165) is 5.56 Å². The summed E-state index contributed by atoms with van der Waals surface area (Å²) in [5.41, 5.74) is 2.20. The van der Waals surface area contributed by atoms with Gasteiger partial charge in [0.1, 0.15) is 18.1 Å². The summed E-state index contributed by atoms with van der Waals surface area (Å²) in [6, 6.07) is 9.12. The maximum Gasteiger partial charge on any atom is 0.328 e. The first-order valence-corrected chi connectivity index (χ1v) is 26.2. The second kappa shape index (κ2) is 33.7. The maximum atomic E-state index is 13.9. The number of aliphatic hydroxyl groups excluding tert-OH is 2. The first kappa shape index (κ1) is 65.7. The third-order valence-electron chi connectivity index (χ3n) is 13.1. The summed E-state index contributed by atoms with van der Waals surface area (Å²) in [7, 11) is 0. The lowest BCUT2D eigenvalue weighted by molar-refractivity contribution is -0.308. The number of ketones is 2. The van der Waals surface area contributed by atoms with Crippen LogP contribution < -0.4 is 41.9 Å². The van der Waals surface area contributed by atoms with E-state index >= 15 is 0 Å². The number of aliphatic carboxylic acids is 5. The molecule has 0 aliphatic carbocycles. The van der Waals surface area contributed by atoms with Crippen LogP contribution in [0.4, 0.5) is 5.69 Å². The van der Waals surface area contributed by atoms with Gasteiger partial charge in [0, 0.05) is 121 Å². The predicted octanol–water partition coefficient (Wildman–Crippen LogP) is -6.31. The number of anilines is 1. The third-order valence-corrected chi connectivity index (χ3v) is 13.3. The van der Waals surface area contributed by atoms with E-state index in [1.54, 1.807) is 69.3 Å². The van der Waals surface area contributed by atoms with Crippen LogP contribution in [-0.2, 0) is 67.3 Å². The third kappa shape index (κ3) is 24.2. The van der Waals surface area contributed by atoms with Crippen molar-refractivity contribution in [3.8, 4) is 0 Å². The Balaban J connectivity index is 1.40. The normalized spacial score (nSPS) is 16.3. The second-order valence-corrected chi connectivity index (χ2v) is 19.8. The second-order valence-electron chi connectivity index (χ2n) is 19.4. The van der Waals surface area contributed by atoms with Crippen LogP contribution in [0.5, 0.6) is 0 Å². The lowest BCUT2D eigenvalue weighted by Crippen LogP contribution is -2.53. The number of carboxylic acids is 5. The highest BCUT2D eigenvalue weighted by Gasteiger charge is 2.34. The number of amides is 3. The van der Waals surface area contributed by atoms with E-state index in [1.165, 1.54) is 19.4 Å². The molecule has 1 aliphatic heterocycles. The minimum absolute atomic E-state index is 0.0527. The Bertz CT molecular complexity index is 2580. The Hall–Kier alpha value is -7.80. The van der Waals surface area contributed by atoms with Crippen molar-refractivity contribution in [3.05, 3.63) is 83.9 Å². The number of aliphatic hydroxyl groups is 2. The van der Waals surface area contributed by atoms with Gasteiger partial charge in [0.2, 0.25) is 17.7 Å². The molecule has 4 rings (SSSR count). The highest BCUT2D eigenvalue weighted by Crippen LogP contribution is 2.18. The predicted molar refractivity (Wildman–Crippen MR) is 283 cm³/mol. The van der Waals surface area contributed by atoms with Crippen LogP contribution in [-0.4, -0.2) is 224 Å². The fourth-order valence-electron chi connectivity index (χ4n) is 8.69. The summed E-state index contributed by atoms with van der Waals surface area (Å²) in [5, 5.41) is 86.0. The molecule has 442 valence electrons. The standard InChI is InChI=1S/C52H71N11O17S/c1-32(42(66)21-36(20-38-24-53-31-54-38)49(77)57-40(29-64)43(67)22-35(19-33-5-3-2-4-6-33)48(76)58-41(30-65)51(79)80)55-50(78)39(23-44(68)69)59-52(81)56-37-9-7-34(8-10-37)25-60-11-13-61(26-45(70)71)15-17-63(28-47(74)75)18-16-62(14-12-60)27-46(72)73/h2-10,24,31-32,35-36,39-41,64-65H,11-23,25-30H2,1H3,(H,53,54)(H,55,78)(H,57,77)(H,58,76)(H,68,69)(H,70,71)(H,72,73)(H,74,75)(H,79,80)(H2,56,59,81)/p-3/t32-,35+,36+,39-,40-,41-/m0/s1. The number of aromatic nitrogens is 2. The van der Waals surface area contributed by atoms with Crippen molar-refractivity contribution in [2.45, 2.75) is 69.7 Å². The molecule has 0 unspecified atom stereocenters. The zero-order chi connectivity index (χ0) is 59.6. The van der Waals surface area contributed by atoms with E-state index in [4.69, 9.17) is 12.2 Å². The van der Waals surface area contributed by atoms with Crippen molar-refractivity contribution in [3.63, 3.8) is 0 Å². The highest BCUT2D eigenvalue weighted by molar-refractivity contribution is 7.80. The number of benzene rings is 2. The number of H-pyrrole nitrogens is 1. The largest absolute Gasteiger partial charge is 0.549 e. The first-order chi connectivity index (χ1) is 38.5. The molecule has 1 aromatic heterocycles. The molecular weight excluding hydrogens is 1080 g/mol. The molecule has 0 spiro atoms. The van der Waals surface area contributed by atoms with E-state index in [0.29, 0.717) is 36.6 Å². The van der Waals surface area contributed by atoms with Crippen LogP contribution in [0.15, 0.2) is 67.1 Å². The molecule has 0 radical (unpaired) electrons. The molecule has 28 nitrogen and oxygen atoms in total. The summed E-state index contributed by atoms with van der Waals surface area (Å²) in [4.78, 5) is 140. The first-order valence-electron chi connectivity index (χ1n) is 25.8. The van der Waals surface area contributed by atoms with Crippen molar-refractivity contribution < 1.29 is 83.7 Å². The van der Waals surface area contributed by atoms with E-state index in [-0.39, 0.29) is 57.2 Å². The SMILES string of the molecule is C[C@H](NC(=O)[C@H](CC(=O)O)NC(=S)Nc1ccc(CN2CCN(CC(=O)[O-])CCN(CC(=O)[O-])CCN(CC(=O)[O-])CC2)cc1)C(=O)C[C@@H](Cc1cnc[nH]1)C(=O)N[C@@H](CO)C(=O)C[C@@H](Cc1ccccc1)C(=O)N[C@@H](CO)C(=O)O. The van der Waals surface area contributed by atoms with Gasteiger partial charge in [-0.15, -0.1) is 0 Å². The van der Waals surface area contributed by atoms with Gasteiger partial charge < -0.3 is 81.7 Å². The van der Waals surface area contributed by atoms with Crippen LogP contribution in [0, 0.1) is 11.8 Å². The molecular formula is C52H68N11O17S-3. The van der Waals surface area contributed by atoms with Gasteiger partial charge >= 0.3 is 11.9 Å². The summed E-state index contributed by atoms with van der Waals surface area (Å²) in [6.45, 7) is 0.419. The van der Waals surface area contributed by atoms with E-state index < -0.39 is 147 Å². The number of carbonyl (C=O) groups excluding carboxylic acids is 8. The number of imidazole rings is 1. The Kier molecular flexibility index (Phi) is 27.3. The van der Waals surface area contributed by atoms with Crippen molar-refractivity contribution in [2.24, 2.45) is 11.8 Å². The topological polar surface area (TPSA) is 423 Å². The number of carboxylic acid groups (broad SMARTS) is 5. The average molecular weight is 1150 g/mol. The van der Waals surface area contributed by atoms with Crippen LogP contribution in [0.2, 0.25) is 0 Å². The van der Waals surface area contributed by atoms with Crippen molar-refractivity contribution in [1.29, 1.82) is 0 Å². The number of hydrogen-bond acceptors (Lipinski definition) is 21. The van der Waals surface area contributed by atoms with Crippen LogP contribution in [0.1, 0.15) is 43.0 Å². The molecule has 2 heterocycles. The fourth-order valence-corrected chi connectivity index (χ4v) is 8.95. The summed E-state index contributed by atoms with van der Waals surface area (Å²) < 4.78 is 0. The monoisotopic (exact) mass is 1150 g/mol. The average Bonchev–Trinajstić information content (AvgIpc) is 3.93. The molecule has 6 atom stereocenters. The molecule has 81 heavy (non-hydrogen) atoms. The van der Waals surface area contributed by atoms with Crippen LogP contribution in [0.3, 0.4) is 0 Å². The van der Waals surface area contributed by atoms with Gasteiger partial charge in [0.25, 0.3) is 0 Å². The van der Waals surface area contributed by atoms with E-state index in [9.17, 15) is 83.7 Å². The molecule has 3 aromatic rings. The zero-order valence-electron chi connectivity index (χ0n) is 44.5. The number of rotatable bonds is 31. The fraction of sp³-hybridized carbons (Fsp3) is 0.500. The number of aromatic amines is 1. The Labute approximate surface area is 471 Å². The van der Waals surface area contributed by atoms with Gasteiger partial charge in [0.05, 0.1) is 55.8 Å².